The molecule has 3 heterocycles. The summed E-state index contributed by atoms with van der Waals surface area (Å²) in [5.41, 5.74) is 5.54. The second kappa shape index (κ2) is 3.15. The lowest BCUT2D eigenvalue weighted by Gasteiger charge is -2.25. The van der Waals surface area contributed by atoms with Crippen molar-refractivity contribution in [3.8, 4) is 0 Å². The molecule has 2 heteroatoms. The highest BCUT2D eigenvalue weighted by atomic mass is 15.2. The number of hydrogen-bond acceptors (Lipinski definition) is 2. The van der Waals surface area contributed by atoms with E-state index in [-0.39, 0.29) is 0 Å². The van der Waals surface area contributed by atoms with Crippen LogP contribution < -0.4 is 10.6 Å². The maximum atomic E-state index is 4.89. The van der Waals surface area contributed by atoms with Gasteiger partial charge in [-0.2, -0.15) is 0 Å². The molecular formula is C17H12N2. The van der Waals surface area contributed by atoms with Gasteiger partial charge >= 0.3 is 0 Å². The van der Waals surface area contributed by atoms with Crippen LogP contribution in [-0.4, -0.2) is 4.90 Å². The molecule has 0 N–H and O–H groups in total. The molecule has 90 valence electrons. The summed E-state index contributed by atoms with van der Waals surface area (Å²) in [6.45, 7) is 0. The summed E-state index contributed by atoms with van der Waals surface area (Å²) < 4.78 is 0. The first-order chi connectivity index (χ1) is 9.37. The Hall–Kier alpha value is -2.35. The third-order valence-electron chi connectivity index (χ3n) is 4.12. The van der Waals surface area contributed by atoms with E-state index in [1.165, 1.54) is 27.6 Å². The maximum absolute atomic E-state index is 4.89. The van der Waals surface area contributed by atoms with Gasteiger partial charge in [-0.15, -0.1) is 0 Å². The summed E-state index contributed by atoms with van der Waals surface area (Å²) in [6.07, 6.45) is 11.2. The van der Waals surface area contributed by atoms with Crippen LogP contribution in [0.2, 0.25) is 0 Å². The number of nitrogens with zero attached hydrogens (tertiary/aromatic N) is 2. The molecule has 0 amide bonds. The van der Waals surface area contributed by atoms with Crippen LogP contribution in [0.4, 0.5) is 0 Å². The zero-order chi connectivity index (χ0) is 12.4. The van der Waals surface area contributed by atoms with Crippen molar-refractivity contribution >= 4 is 6.20 Å². The summed E-state index contributed by atoms with van der Waals surface area (Å²) in [4.78, 5) is 7.17. The number of hydrogen-bond donors (Lipinski definition) is 0. The molecule has 6 rings (SSSR count). The molecule has 4 bridgehead atoms. The summed E-state index contributed by atoms with van der Waals surface area (Å²) in [5, 5.41) is 2.28. The maximum Gasteiger partial charge on any atom is 0.141 e. The fraction of sp³-hybridized carbons (Fsp3) is 0.118. The molecule has 0 unspecified atom stereocenters. The normalized spacial score (nSPS) is 21.7. The Labute approximate surface area is 111 Å². The summed E-state index contributed by atoms with van der Waals surface area (Å²) >= 11 is 0. The molecule has 2 aliphatic carbocycles. The van der Waals surface area contributed by atoms with Crippen molar-refractivity contribution in [3.63, 3.8) is 0 Å². The second-order valence-corrected chi connectivity index (χ2v) is 5.45. The third kappa shape index (κ3) is 1.23. The molecule has 1 aromatic rings. The Morgan fingerprint density at radius 1 is 0.947 bits per heavy atom. The van der Waals surface area contributed by atoms with Gasteiger partial charge in [-0.25, -0.2) is 4.99 Å². The lowest BCUT2D eigenvalue weighted by Crippen LogP contribution is -2.34. The van der Waals surface area contributed by atoms with Crippen LogP contribution in [0, 0.1) is 0 Å². The number of rotatable bonds is 0. The first kappa shape index (κ1) is 9.56. The Balaban J connectivity index is 1.90. The lowest BCUT2D eigenvalue weighted by atomic mass is 9.90. The molecule has 19 heavy (non-hydrogen) atoms. The summed E-state index contributed by atoms with van der Waals surface area (Å²) in [5.74, 6) is 1.11. The van der Waals surface area contributed by atoms with E-state index in [2.05, 4.69) is 53.6 Å². The van der Waals surface area contributed by atoms with E-state index in [1.54, 1.807) is 0 Å². The van der Waals surface area contributed by atoms with Crippen LogP contribution in [0.5, 0.6) is 0 Å². The molecule has 5 aliphatic rings. The third-order valence-corrected chi connectivity index (χ3v) is 4.12. The zero-order valence-corrected chi connectivity index (χ0v) is 10.4. The van der Waals surface area contributed by atoms with Crippen LogP contribution >= 0.6 is 0 Å². The second-order valence-electron chi connectivity index (χ2n) is 5.45. The van der Waals surface area contributed by atoms with Gasteiger partial charge in [0.15, 0.2) is 0 Å². The largest absolute Gasteiger partial charge is 0.304 e. The van der Waals surface area contributed by atoms with Gasteiger partial charge in [0.2, 0.25) is 0 Å². The van der Waals surface area contributed by atoms with Crippen LogP contribution in [0.25, 0.3) is 6.20 Å². The predicted molar refractivity (Wildman–Crippen MR) is 74.0 cm³/mol. The Kier molecular flexibility index (Phi) is 1.59. The van der Waals surface area contributed by atoms with Gasteiger partial charge in [-0.1, -0.05) is 30.4 Å². The molecule has 0 saturated heterocycles. The van der Waals surface area contributed by atoms with Crippen molar-refractivity contribution < 1.29 is 0 Å². The van der Waals surface area contributed by atoms with Crippen LogP contribution in [0.15, 0.2) is 75.7 Å². The van der Waals surface area contributed by atoms with Gasteiger partial charge in [-0.05, 0) is 23.3 Å². The van der Waals surface area contributed by atoms with E-state index >= 15 is 0 Å². The number of benzene rings is 1. The van der Waals surface area contributed by atoms with E-state index in [9.17, 15) is 0 Å². The average molecular weight is 244 g/mol. The Morgan fingerprint density at radius 2 is 1.84 bits per heavy atom. The minimum absolute atomic E-state index is 1.01. The molecule has 1 aromatic carbocycles. The van der Waals surface area contributed by atoms with E-state index in [0.29, 0.717) is 0 Å². The van der Waals surface area contributed by atoms with Crippen molar-refractivity contribution in [2.45, 2.75) is 12.8 Å². The van der Waals surface area contributed by atoms with Crippen molar-refractivity contribution in [2.75, 3.05) is 0 Å². The molecule has 0 atom stereocenters. The number of fused-ring (bicyclic) bond motifs is 1. The standard InChI is InChI=1S/C17H12N2/c1-2-4-16-13(3-1)10-19-15-8-11-5-12(9-15)7-14(6-11)17(19)18-16/h1-6,9-10H,7-8H2. The highest BCUT2D eigenvalue weighted by Crippen LogP contribution is 2.41. The summed E-state index contributed by atoms with van der Waals surface area (Å²) in [7, 11) is 0. The monoisotopic (exact) mass is 244 g/mol. The van der Waals surface area contributed by atoms with Gasteiger partial charge in [0.05, 0.1) is 5.36 Å². The fourth-order valence-electron chi connectivity index (χ4n) is 3.30. The van der Waals surface area contributed by atoms with Crippen LogP contribution in [0.3, 0.4) is 0 Å². The molecule has 0 aromatic heterocycles. The van der Waals surface area contributed by atoms with Gasteiger partial charge in [0, 0.05) is 35.5 Å². The highest BCUT2D eigenvalue weighted by molar-refractivity contribution is 5.57. The van der Waals surface area contributed by atoms with Crippen molar-refractivity contribution in [3.05, 3.63) is 81.3 Å². The number of allylic oxidation sites excluding steroid dienone is 6. The molecular weight excluding hydrogens is 232 g/mol. The van der Waals surface area contributed by atoms with Crippen molar-refractivity contribution in [2.24, 2.45) is 4.99 Å². The predicted octanol–water partition coefficient (Wildman–Crippen LogP) is 2.13. The van der Waals surface area contributed by atoms with Crippen LogP contribution in [-0.2, 0) is 0 Å². The van der Waals surface area contributed by atoms with Crippen LogP contribution in [0.1, 0.15) is 12.8 Å². The molecule has 0 radical (unpaired) electrons. The molecule has 0 spiro atoms. The minimum Gasteiger partial charge on any atom is -0.304 e. The smallest absolute Gasteiger partial charge is 0.141 e. The molecule has 0 saturated carbocycles. The van der Waals surface area contributed by atoms with Crippen molar-refractivity contribution in [1.82, 2.24) is 4.90 Å². The van der Waals surface area contributed by atoms with Gasteiger partial charge < -0.3 is 4.90 Å². The fourth-order valence-corrected chi connectivity index (χ4v) is 3.30. The van der Waals surface area contributed by atoms with E-state index in [1.807, 2.05) is 0 Å². The zero-order valence-electron chi connectivity index (χ0n) is 10.4. The quantitative estimate of drug-likeness (QED) is 0.682. The van der Waals surface area contributed by atoms with Gasteiger partial charge in [0.1, 0.15) is 5.82 Å². The Morgan fingerprint density at radius 3 is 2.79 bits per heavy atom. The topological polar surface area (TPSA) is 15.6 Å². The lowest BCUT2D eigenvalue weighted by molar-refractivity contribution is 0.582. The molecule has 3 aliphatic heterocycles. The van der Waals surface area contributed by atoms with Gasteiger partial charge in [0.25, 0.3) is 0 Å². The van der Waals surface area contributed by atoms with E-state index in [0.717, 1.165) is 24.0 Å². The van der Waals surface area contributed by atoms with Crippen molar-refractivity contribution in [1.29, 1.82) is 0 Å². The average Bonchev–Trinajstić information content (AvgIpc) is 2.59. The first-order valence-corrected chi connectivity index (χ1v) is 6.66. The Bertz CT molecular complexity index is 863. The minimum atomic E-state index is 1.01. The van der Waals surface area contributed by atoms with E-state index in [4.69, 9.17) is 4.99 Å². The SMILES string of the molecule is C1=C2C=C3C=C(C2)N2C=c4ccccc4=NC2=C1C3. The van der Waals surface area contributed by atoms with E-state index < -0.39 is 0 Å². The first-order valence-electron chi connectivity index (χ1n) is 6.66. The molecule has 2 nitrogen and oxygen atoms in total. The van der Waals surface area contributed by atoms with Gasteiger partial charge in [-0.3, -0.25) is 0 Å². The highest BCUT2D eigenvalue weighted by Gasteiger charge is 2.28. The molecule has 0 fully saturated rings. The number of para-hydroxylation sites is 1. The summed E-state index contributed by atoms with van der Waals surface area (Å²) in [6, 6.07) is 8.35.